The Kier molecular flexibility index (Phi) is 5.70. The van der Waals surface area contributed by atoms with E-state index in [1.807, 2.05) is 48.5 Å². The monoisotopic (exact) mass is 346 g/mol. The van der Waals surface area contributed by atoms with Crippen LogP contribution in [-0.2, 0) is 11.3 Å². The fourth-order valence-corrected chi connectivity index (χ4v) is 3.32. The first-order valence-electron chi connectivity index (χ1n) is 8.81. The molecule has 1 saturated heterocycles. The second-order valence-electron chi connectivity index (χ2n) is 6.50. The van der Waals surface area contributed by atoms with Gasteiger partial charge in [0.05, 0.1) is 17.7 Å². The lowest BCUT2D eigenvalue weighted by atomic mass is 9.87. The molecule has 1 heterocycles. The molecule has 1 amide bonds. The van der Waals surface area contributed by atoms with Crippen molar-refractivity contribution >= 4 is 6.09 Å². The Morgan fingerprint density at radius 2 is 1.96 bits per heavy atom. The van der Waals surface area contributed by atoms with Gasteiger partial charge in [0.25, 0.3) is 0 Å². The van der Waals surface area contributed by atoms with Gasteiger partial charge in [0.2, 0.25) is 0 Å². The topological polar surface area (TPSA) is 53.3 Å². The van der Waals surface area contributed by atoms with Gasteiger partial charge >= 0.3 is 6.09 Å². The highest BCUT2D eigenvalue weighted by atomic mass is 16.6. The van der Waals surface area contributed by atoms with Gasteiger partial charge in [-0.1, -0.05) is 48.5 Å². The Morgan fingerprint density at radius 3 is 2.62 bits per heavy atom. The molecule has 1 aliphatic heterocycles. The normalized spacial score (nSPS) is 19.4. The summed E-state index contributed by atoms with van der Waals surface area (Å²) in [7, 11) is 0. The van der Waals surface area contributed by atoms with Crippen LogP contribution in [0.15, 0.2) is 67.3 Å². The molecule has 2 atom stereocenters. The average Bonchev–Trinajstić information content (AvgIpc) is 2.72. The molecule has 4 nitrogen and oxygen atoms in total. The number of hydrogen-bond donors (Lipinski definition) is 0. The van der Waals surface area contributed by atoms with E-state index in [0.29, 0.717) is 18.0 Å². The predicted molar refractivity (Wildman–Crippen MR) is 100 cm³/mol. The summed E-state index contributed by atoms with van der Waals surface area (Å²) in [6.45, 7) is 4.81. The minimum atomic E-state index is -0.300. The van der Waals surface area contributed by atoms with Crippen LogP contribution in [0.25, 0.3) is 0 Å². The summed E-state index contributed by atoms with van der Waals surface area (Å²) >= 11 is 0. The van der Waals surface area contributed by atoms with Crippen LogP contribution in [0.2, 0.25) is 0 Å². The van der Waals surface area contributed by atoms with Gasteiger partial charge in [-0.2, -0.15) is 5.26 Å². The first-order valence-corrected chi connectivity index (χ1v) is 8.81. The number of carbonyl (C=O) groups is 1. The first-order chi connectivity index (χ1) is 12.7. The van der Waals surface area contributed by atoms with Crippen molar-refractivity contribution in [2.24, 2.45) is 5.92 Å². The second-order valence-corrected chi connectivity index (χ2v) is 6.50. The molecule has 0 saturated carbocycles. The predicted octanol–water partition coefficient (Wildman–Crippen LogP) is 4.83. The van der Waals surface area contributed by atoms with Gasteiger partial charge in [-0.15, -0.1) is 6.58 Å². The molecule has 0 N–H and O–H groups in total. The average molecular weight is 346 g/mol. The van der Waals surface area contributed by atoms with E-state index in [4.69, 9.17) is 10.00 Å². The Bertz CT molecular complexity index is 793. The molecule has 0 radical (unpaired) electrons. The molecule has 132 valence electrons. The SMILES string of the molecule is C=CC1CCN(C(=O)OCc2ccccc2)C(c2ccc(C#N)cc2)C1. The van der Waals surface area contributed by atoms with E-state index in [-0.39, 0.29) is 18.7 Å². The minimum absolute atomic E-state index is 0.0669. The number of likely N-dealkylation sites (tertiary alicyclic amines) is 1. The lowest BCUT2D eigenvalue weighted by molar-refractivity contribution is 0.0614. The van der Waals surface area contributed by atoms with E-state index in [2.05, 4.69) is 12.6 Å². The number of allylic oxidation sites excluding steroid dienone is 1. The van der Waals surface area contributed by atoms with E-state index in [1.54, 1.807) is 17.0 Å². The summed E-state index contributed by atoms with van der Waals surface area (Å²) in [5.74, 6) is 0.369. The van der Waals surface area contributed by atoms with Crippen LogP contribution < -0.4 is 0 Å². The number of hydrogen-bond acceptors (Lipinski definition) is 3. The van der Waals surface area contributed by atoms with E-state index in [1.165, 1.54) is 0 Å². The second kappa shape index (κ2) is 8.35. The van der Waals surface area contributed by atoms with Crippen molar-refractivity contribution in [1.29, 1.82) is 5.26 Å². The van der Waals surface area contributed by atoms with E-state index in [9.17, 15) is 4.79 Å². The molecular formula is C22H22N2O2. The number of ether oxygens (including phenoxy) is 1. The molecule has 2 aromatic rings. The van der Waals surface area contributed by atoms with Crippen molar-refractivity contribution in [2.45, 2.75) is 25.5 Å². The highest BCUT2D eigenvalue weighted by Crippen LogP contribution is 2.35. The quantitative estimate of drug-likeness (QED) is 0.745. The molecule has 1 aliphatic rings. The molecule has 26 heavy (non-hydrogen) atoms. The van der Waals surface area contributed by atoms with Crippen LogP contribution in [-0.4, -0.2) is 17.5 Å². The summed E-state index contributed by atoms with van der Waals surface area (Å²) in [6, 6.07) is 19.2. The Morgan fingerprint density at radius 1 is 1.23 bits per heavy atom. The smallest absolute Gasteiger partial charge is 0.410 e. The summed E-state index contributed by atoms with van der Waals surface area (Å²) in [4.78, 5) is 14.5. The number of amides is 1. The number of rotatable bonds is 4. The van der Waals surface area contributed by atoms with Crippen molar-refractivity contribution in [2.75, 3.05) is 6.54 Å². The molecular weight excluding hydrogens is 324 g/mol. The van der Waals surface area contributed by atoms with Gasteiger partial charge in [-0.05, 0) is 42.0 Å². The zero-order valence-electron chi connectivity index (χ0n) is 14.7. The third-order valence-electron chi connectivity index (χ3n) is 4.84. The van der Waals surface area contributed by atoms with Crippen molar-refractivity contribution in [1.82, 2.24) is 4.90 Å². The molecule has 0 spiro atoms. The van der Waals surface area contributed by atoms with Crippen molar-refractivity contribution in [3.8, 4) is 6.07 Å². The molecule has 2 aromatic carbocycles. The number of carbonyl (C=O) groups excluding carboxylic acids is 1. The van der Waals surface area contributed by atoms with Crippen LogP contribution in [0.1, 0.15) is 35.6 Å². The van der Waals surface area contributed by atoms with Gasteiger partial charge in [0.1, 0.15) is 6.61 Å². The van der Waals surface area contributed by atoms with Crippen LogP contribution in [0.3, 0.4) is 0 Å². The molecule has 3 rings (SSSR count). The van der Waals surface area contributed by atoms with Gasteiger partial charge < -0.3 is 9.64 Å². The summed E-state index contributed by atoms with van der Waals surface area (Å²) in [5.41, 5.74) is 2.60. The lowest BCUT2D eigenvalue weighted by Crippen LogP contribution is -2.41. The van der Waals surface area contributed by atoms with Crippen molar-refractivity contribution in [3.05, 3.63) is 83.9 Å². The highest BCUT2D eigenvalue weighted by Gasteiger charge is 2.32. The summed E-state index contributed by atoms with van der Waals surface area (Å²) in [6.07, 6.45) is 3.36. The molecule has 4 heteroatoms. The Balaban J connectivity index is 1.74. The number of piperidine rings is 1. The molecule has 0 aromatic heterocycles. The molecule has 0 bridgehead atoms. The molecule has 1 fully saturated rings. The van der Waals surface area contributed by atoms with Crippen molar-refractivity contribution in [3.63, 3.8) is 0 Å². The third-order valence-corrected chi connectivity index (χ3v) is 4.84. The van der Waals surface area contributed by atoms with Crippen molar-refractivity contribution < 1.29 is 9.53 Å². The minimum Gasteiger partial charge on any atom is -0.445 e. The van der Waals surface area contributed by atoms with Crippen LogP contribution in [0, 0.1) is 17.2 Å². The lowest BCUT2D eigenvalue weighted by Gasteiger charge is -2.38. The maximum Gasteiger partial charge on any atom is 0.410 e. The molecule has 2 unspecified atom stereocenters. The van der Waals surface area contributed by atoms with Crippen LogP contribution in [0.5, 0.6) is 0 Å². The van der Waals surface area contributed by atoms with Gasteiger partial charge in [-0.25, -0.2) is 4.79 Å². The van der Waals surface area contributed by atoms with E-state index >= 15 is 0 Å². The largest absolute Gasteiger partial charge is 0.445 e. The maximum absolute atomic E-state index is 12.7. The maximum atomic E-state index is 12.7. The number of benzene rings is 2. The fourth-order valence-electron chi connectivity index (χ4n) is 3.32. The standard InChI is InChI=1S/C22H22N2O2/c1-2-17-12-13-24(22(25)26-16-19-6-4-3-5-7-19)21(14-17)20-10-8-18(15-23)9-11-20/h2-11,17,21H,1,12-14,16H2. The van der Waals surface area contributed by atoms with E-state index in [0.717, 1.165) is 24.0 Å². The first kappa shape index (κ1) is 17.8. The summed E-state index contributed by atoms with van der Waals surface area (Å²) in [5, 5.41) is 8.99. The van der Waals surface area contributed by atoms with Gasteiger partial charge in [0, 0.05) is 6.54 Å². The van der Waals surface area contributed by atoms with E-state index < -0.39 is 0 Å². The van der Waals surface area contributed by atoms with Crippen LogP contribution in [0.4, 0.5) is 4.79 Å². The Labute approximate surface area is 154 Å². The molecule has 0 aliphatic carbocycles. The summed E-state index contributed by atoms with van der Waals surface area (Å²) < 4.78 is 5.54. The highest BCUT2D eigenvalue weighted by molar-refractivity contribution is 5.68. The third kappa shape index (κ3) is 4.12. The van der Waals surface area contributed by atoms with Gasteiger partial charge in [-0.3, -0.25) is 0 Å². The fraction of sp³-hybridized carbons (Fsp3) is 0.273. The Hall–Kier alpha value is -3.06. The number of nitrogens with zero attached hydrogens (tertiary/aromatic N) is 2. The van der Waals surface area contributed by atoms with Crippen LogP contribution >= 0.6 is 0 Å². The van der Waals surface area contributed by atoms with Gasteiger partial charge in [0.15, 0.2) is 0 Å². The zero-order valence-corrected chi connectivity index (χ0v) is 14.7. The zero-order chi connectivity index (χ0) is 18.4. The number of nitriles is 1.